The average Bonchev–Trinajstić information content (AvgIpc) is 2.94. The van der Waals surface area contributed by atoms with E-state index in [2.05, 4.69) is 0 Å². The summed E-state index contributed by atoms with van der Waals surface area (Å²) in [6.07, 6.45) is 0.751. The van der Waals surface area contributed by atoms with E-state index in [4.69, 9.17) is 9.84 Å². The third-order valence-corrected chi connectivity index (χ3v) is 2.69. The van der Waals surface area contributed by atoms with Crippen molar-refractivity contribution >= 4 is 5.97 Å². The molecule has 1 N–H and O–H groups in total. The molecule has 2 unspecified atom stereocenters. The first-order valence-corrected chi connectivity index (χ1v) is 5.09. The third kappa shape index (κ3) is 2.49. The summed E-state index contributed by atoms with van der Waals surface area (Å²) in [6, 6.07) is 7.79. The third-order valence-electron chi connectivity index (χ3n) is 2.69. The Labute approximate surface area is 88.7 Å². The van der Waals surface area contributed by atoms with Crippen molar-refractivity contribution in [2.45, 2.75) is 13.3 Å². The molecule has 0 saturated heterocycles. The highest BCUT2D eigenvalue weighted by molar-refractivity contribution is 5.73. The van der Waals surface area contributed by atoms with E-state index >= 15 is 0 Å². The number of aliphatic carboxylic acids is 1. The zero-order valence-electron chi connectivity index (χ0n) is 8.64. The first-order chi connectivity index (χ1) is 7.16. The molecule has 1 aromatic carbocycles. The molecule has 1 aromatic rings. The molecule has 1 saturated carbocycles. The first kappa shape index (κ1) is 10.0. The van der Waals surface area contributed by atoms with E-state index in [0.29, 0.717) is 6.61 Å². The van der Waals surface area contributed by atoms with Crippen molar-refractivity contribution in [2.24, 2.45) is 11.8 Å². The minimum Gasteiger partial charge on any atom is -0.493 e. The van der Waals surface area contributed by atoms with Gasteiger partial charge in [-0.05, 0) is 31.0 Å². The molecule has 0 radical (unpaired) electrons. The Kier molecular flexibility index (Phi) is 2.62. The number of rotatable bonds is 4. The van der Waals surface area contributed by atoms with E-state index in [1.54, 1.807) is 0 Å². The summed E-state index contributed by atoms with van der Waals surface area (Å²) in [5.74, 6) is 0.136. The lowest BCUT2D eigenvalue weighted by atomic mass is 10.2. The standard InChI is InChI=1S/C12H14O3/c1-8-3-2-4-10(5-8)15-7-9-6-11(9)12(13)14/h2-5,9,11H,6-7H2,1H3,(H,13,14). The number of ether oxygens (including phenoxy) is 1. The van der Waals surface area contributed by atoms with Gasteiger partial charge < -0.3 is 9.84 Å². The highest BCUT2D eigenvalue weighted by atomic mass is 16.5. The van der Waals surface area contributed by atoms with E-state index in [1.165, 1.54) is 0 Å². The minimum absolute atomic E-state index is 0.185. The monoisotopic (exact) mass is 206 g/mol. The molecule has 1 fully saturated rings. The minimum atomic E-state index is -0.701. The SMILES string of the molecule is Cc1cccc(OCC2CC2C(=O)O)c1. The van der Waals surface area contributed by atoms with E-state index in [-0.39, 0.29) is 11.8 Å². The van der Waals surface area contributed by atoms with Crippen LogP contribution in [0.1, 0.15) is 12.0 Å². The van der Waals surface area contributed by atoms with E-state index in [1.807, 2.05) is 31.2 Å². The second-order valence-corrected chi connectivity index (χ2v) is 4.07. The Hall–Kier alpha value is -1.51. The van der Waals surface area contributed by atoms with Crippen LogP contribution in [0.25, 0.3) is 0 Å². The van der Waals surface area contributed by atoms with Crippen LogP contribution in [-0.2, 0) is 4.79 Å². The van der Waals surface area contributed by atoms with Crippen LogP contribution in [0.2, 0.25) is 0 Å². The summed E-state index contributed by atoms with van der Waals surface area (Å²) in [5.41, 5.74) is 1.15. The number of aryl methyl sites for hydroxylation is 1. The van der Waals surface area contributed by atoms with Gasteiger partial charge in [-0.2, -0.15) is 0 Å². The Bertz CT molecular complexity index is 373. The molecule has 0 amide bonds. The van der Waals surface area contributed by atoms with Crippen LogP contribution in [0.3, 0.4) is 0 Å². The molecule has 0 aliphatic heterocycles. The van der Waals surface area contributed by atoms with Crippen LogP contribution in [0.5, 0.6) is 5.75 Å². The van der Waals surface area contributed by atoms with Crippen molar-refractivity contribution in [1.29, 1.82) is 0 Å². The molecule has 3 nitrogen and oxygen atoms in total. The first-order valence-electron chi connectivity index (χ1n) is 5.09. The van der Waals surface area contributed by atoms with Gasteiger partial charge in [0.2, 0.25) is 0 Å². The van der Waals surface area contributed by atoms with Gasteiger partial charge in [0.15, 0.2) is 0 Å². The van der Waals surface area contributed by atoms with Crippen LogP contribution >= 0.6 is 0 Å². The number of hydrogen-bond acceptors (Lipinski definition) is 2. The Balaban J connectivity index is 1.82. The summed E-state index contributed by atoms with van der Waals surface area (Å²) in [5, 5.41) is 8.71. The smallest absolute Gasteiger partial charge is 0.306 e. The summed E-state index contributed by atoms with van der Waals surface area (Å²) < 4.78 is 5.53. The highest BCUT2D eigenvalue weighted by Crippen LogP contribution is 2.38. The molecule has 0 bridgehead atoms. The largest absolute Gasteiger partial charge is 0.493 e. The lowest BCUT2D eigenvalue weighted by molar-refractivity contribution is -0.138. The highest BCUT2D eigenvalue weighted by Gasteiger charge is 2.43. The number of carbonyl (C=O) groups is 1. The molecule has 1 aliphatic carbocycles. The maximum atomic E-state index is 10.6. The van der Waals surface area contributed by atoms with Crippen molar-refractivity contribution in [3.63, 3.8) is 0 Å². The Morgan fingerprint density at radius 3 is 3.00 bits per heavy atom. The fourth-order valence-electron chi connectivity index (χ4n) is 1.64. The Morgan fingerprint density at radius 2 is 2.40 bits per heavy atom. The topological polar surface area (TPSA) is 46.5 Å². The van der Waals surface area contributed by atoms with Crippen molar-refractivity contribution in [3.8, 4) is 5.75 Å². The number of carboxylic acids is 1. The normalized spacial score (nSPS) is 23.5. The molecule has 80 valence electrons. The molecule has 0 spiro atoms. The second-order valence-electron chi connectivity index (χ2n) is 4.07. The molecule has 15 heavy (non-hydrogen) atoms. The lowest BCUT2D eigenvalue weighted by Gasteiger charge is -2.05. The molecule has 2 rings (SSSR count). The molecular weight excluding hydrogens is 192 g/mol. The molecule has 1 aliphatic rings. The summed E-state index contributed by atoms with van der Waals surface area (Å²) in [4.78, 5) is 10.6. The van der Waals surface area contributed by atoms with E-state index < -0.39 is 5.97 Å². The van der Waals surface area contributed by atoms with Crippen LogP contribution in [0, 0.1) is 18.8 Å². The van der Waals surface area contributed by atoms with Gasteiger partial charge in [0.1, 0.15) is 5.75 Å². The lowest BCUT2D eigenvalue weighted by Crippen LogP contribution is -2.06. The number of carboxylic acid groups (broad SMARTS) is 1. The van der Waals surface area contributed by atoms with Gasteiger partial charge in [0.25, 0.3) is 0 Å². The average molecular weight is 206 g/mol. The van der Waals surface area contributed by atoms with Crippen LogP contribution in [0.4, 0.5) is 0 Å². The second kappa shape index (κ2) is 3.93. The zero-order chi connectivity index (χ0) is 10.8. The molecule has 3 heteroatoms. The fraction of sp³-hybridized carbons (Fsp3) is 0.417. The zero-order valence-corrected chi connectivity index (χ0v) is 8.64. The quantitative estimate of drug-likeness (QED) is 0.820. The maximum Gasteiger partial charge on any atom is 0.306 e. The van der Waals surface area contributed by atoms with Gasteiger partial charge in [-0.3, -0.25) is 4.79 Å². The van der Waals surface area contributed by atoms with Gasteiger partial charge in [0, 0.05) is 5.92 Å². The Morgan fingerprint density at radius 1 is 1.60 bits per heavy atom. The van der Waals surface area contributed by atoms with Gasteiger partial charge >= 0.3 is 5.97 Å². The molecule has 0 aromatic heterocycles. The van der Waals surface area contributed by atoms with Crippen molar-refractivity contribution in [2.75, 3.05) is 6.61 Å². The van der Waals surface area contributed by atoms with Crippen LogP contribution in [-0.4, -0.2) is 17.7 Å². The van der Waals surface area contributed by atoms with Crippen molar-refractivity contribution in [3.05, 3.63) is 29.8 Å². The van der Waals surface area contributed by atoms with Gasteiger partial charge in [-0.25, -0.2) is 0 Å². The van der Waals surface area contributed by atoms with Gasteiger partial charge in [0.05, 0.1) is 12.5 Å². The maximum absolute atomic E-state index is 10.6. The predicted molar refractivity (Wildman–Crippen MR) is 55.9 cm³/mol. The number of benzene rings is 1. The van der Waals surface area contributed by atoms with Gasteiger partial charge in [-0.1, -0.05) is 12.1 Å². The summed E-state index contributed by atoms with van der Waals surface area (Å²) in [7, 11) is 0. The molecule has 2 atom stereocenters. The number of hydrogen-bond donors (Lipinski definition) is 1. The van der Waals surface area contributed by atoms with E-state index in [0.717, 1.165) is 17.7 Å². The molecule has 0 heterocycles. The summed E-state index contributed by atoms with van der Waals surface area (Å²) in [6.45, 7) is 2.52. The van der Waals surface area contributed by atoms with Crippen LogP contribution < -0.4 is 4.74 Å². The van der Waals surface area contributed by atoms with Gasteiger partial charge in [-0.15, -0.1) is 0 Å². The molecular formula is C12H14O3. The summed E-state index contributed by atoms with van der Waals surface area (Å²) >= 11 is 0. The van der Waals surface area contributed by atoms with Crippen LogP contribution in [0.15, 0.2) is 24.3 Å². The van der Waals surface area contributed by atoms with Crippen molar-refractivity contribution < 1.29 is 14.6 Å². The van der Waals surface area contributed by atoms with E-state index in [9.17, 15) is 4.79 Å². The fourth-order valence-corrected chi connectivity index (χ4v) is 1.64. The van der Waals surface area contributed by atoms with Crippen molar-refractivity contribution in [1.82, 2.24) is 0 Å². The predicted octanol–water partition coefficient (Wildman–Crippen LogP) is 2.09.